The maximum atomic E-state index is 12.1. The summed E-state index contributed by atoms with van der Waals surface area (Å²) in [5.41, 5.74) is 8.28. The first kappa shape index (κ1) is 18.1. The van der Waals surface area contributed by atoms with Gasteiger partial charge < -0.3 is 15.8 Å². The Balaban J connectivity index is 1.83. The lowest BCUT2D eigenvalue weighted by Crippen LogP contribution is -2.23. The third-order valence-corrected chi connectivity index (χ3v) is 3.40. The minimum atomic E-state index is -0.552. The van der Waals surface area contributed by atoms with Gasteiger partial charge in [0.25, 0.3) is 11.8 Å². The van der Waals surface area contributed by atoms with E-state index in [-0.39, 0.29) is 19.1 Å². The maximum absolute atomic E-state index is 12.1. The van der Waals surface area contributed by atoms with Crippen molar-refractivity contribution in [1.29, 1.82) is 0 Å². The Morgan fingerprint density at radius 3 is 2.44 bits per heavy atom. The molecule has 25 heavy (non-hydrogen) atoms. The van der Waals surface area contributed by atoms with E-state index in [2.05, 4.69) is 17.2 Å². The molecule has 2 rings (SSSR count). The number of amides is 2. The average Bonchev–Trinajstić information content (AvgIpc) is 2.57. The van der Waals surface area contributed by atoms with Gasteiger partial charge in [-0.15, -0.1) is 0 Å². The number of hydrogen-bond acceptors (Lipinski definition) is 3. The molecular weight excluding hydrogens is 316 g/mol. The monoisotopic (exact) mass is 336 g/mol. The van der Waals surface area contributed by atoms with E-state index in [4.69, 9.17) is 10.5 Å². The molecule has 0 aliphatic heterocycles. The van der Waals surface area contributed by atoms with Gasteiger partial charge in [0, 0.05) is 5.56 Å². The first-order valence-electron chi connectivity index (χ1n) is 7.81. The van der Waals surface area contributed by atoms with Gasteiger partial charge in [-0.25, -0.2) is 0 Å². The van der Waals surface area contributed by atoms with Gasteiger partial charge in [0.15, 0.2) is 0 Å². The molecule has 2 aromatic carbocycles. The van der Waals surface area contributed by atoms with Crippen molar-refractivity contribution in [3.05, 3.63) is 64.7 Å². The molecule has 0 bridgehead atoms. The third-order valence-electron chi connectivity index (χ3n) is 3.40. The first-order chi connectivity index (χ1) is 12.0. The fourth-order valence-corrected chi connectivity index (χ4v) is 2.36. The molecule has 0 aliphatic carbocycles. The van der Waals surface area contributed by atoms with Crippen LogP contribution in [0.5, 0.6) is 5.75 Å². The fourth-order valence-electron chi connectivity index (χ4n) is 2.36. The summed E-state index contributed by atoms with van der Waals surface area (Å²) in [5.74, 6) is 5.28. The molecule has 0 unspecified atom stereocenters. The molecule has 2 amide bonds. The van der Waals surface area contributed by atoms with E-state index in [0.29, 0.717) is 16.9 Å². The Hall–Kier alpha value is -3.26. The van der Waals surface area contributed by atoms with Gasteiger partial charge in [0.2, 0.25) is 0 Å². The summed E-state index contributed by atoms with van der Waals surface area (Å²) in [7, 11) is 0. The van der Waals surface area contributed by atoms with Gasteiger partial charge >= 0.3 is 0 Å². The van der Waals surface area contributed by atoms with Crippen molar-refractivity contribution in [1.82, 2.24) is 5.32 Å². The van der Waals surface area contributed by atoms with Crippen LogP contribution < -0.4 is 15.8 Å². The molecule has 5 heteroatoms. The number of hydrogen-bond donors (Lipinski definition) is 2. The summed E-state index contributed by atoms with van der Waals surface area (Å²) in [6.45, 7) is 4.21. The van der Waals surface area contributed by atoms with Crippen molar-refractivity contribution in [2.45, 2.75) is 13.8 Å². The number of rotatable bonds is 5. The van der Waals surface area contributed by atoms with Gasteiger partial charge in [-0.2, -0.15) is 0 Å². The number of benzene rings is 2. The van der Waals surface area contributed by atoms with Crippen molar-refractivity contribution >= 4 is 11.8 Å². The SMILES string of the molecule is Cc1cc(C)cc(C(=O)NCC#CCOc2ccccc2C(N)=O)c1. The highest BCUT2D eigenvalue weighted by molar-refractivity contribution is 5.95. The number of primary amides is 1. The fraction of sp³-hybridized carbons (Fsp3) is 0.200. The zero-order chi connectivity index (χ0) is 18.2. The minimum Gasteiger partial charge on any atom is -0.480 e. The number of carbonyl (C=O) groups excluding carboxylic acids is 2. The van der Waals surface area contributed by atoms with Crippen molar-refractivity contribution < 1.29 is 14.3 Å². The van der Waals surface area contributed by atoms with E-state index in [1.54, 1.807) is 24.3 Å². The standard InChI is InChI=1S/C20H20N2O3/c1-14-11-15(2)13-16(12-14)20(24)22-9-5-6-10-25-18-8-4-3-7-17(18)19(21)23/h3-4,7-8,11-13H,9-10H2,1-2H3,(H2,21,23)(H,22,24). The highest BCUT2D eigenvalue weighted by Gasteiger charge is 2.07. The molecule has 5 nitrogen and oxygen atoms in total. The van der Waals surface area contributed by atoms with Crippen molar-refractivity contribution in [3.8, 4) is 17.6 Å². The smallest absolute Gasteiger partial charge is 0.252 e. The van der Waals surface area contributed by atoms with E-state index in [9.17, 15) is 9.59 Å². The number of aryl methyl sites for hydroxylation is 2. The van der Waals surface area contributed by atoms with Crippen LogP contribution in [0.1, 0.15) is 31.8 Å². The van der Waals surface area contributed by atoms with Crippen molar-refractivity contribution in [2.75, 3.05) is 13.2 Å². The molecule has 0 saturated heterocycles. The van der Waals surface area contributed by atoms with Crippen LogP contribution in [0.15, 0.2) is 42.5 Å². The number of nitrogens with two attached hydrogens (primary N) is 1. The van der Waals surface area contributed by atoms with Gasteiger partial charge in [0.1, 0.15) is 12.4 Å². The summed E-state index contributed by atoms with van der Waals surface area (Å²) in [6, 6.07) is 12.4. The molecule has 0 saturated carbocycles. The second-order valence-corrected chi connectivity index (χ2v) is 5.56. The van der Waals surface area contributed by atoms with Crippen LogP contribution in [-0.4, -0.2) is 25.0 Å². The Morgan fingerprint density at radius 2 is 1.76 bits per heavy atom. The van der Waals surface area contributed by atoms with E-state index in [0.717, 1.165) is 11.1 Å². The largest absolute Gasteiger partial charge is 0.480 e. The lowest BCUT2D eigenvalue weighted by molar-refractivity contribution is 0.0956. The molecule has 0 spiro atoms. The van der Waals surface area contributed by atoms with Crippen LogP contribution in [0.3, 0.4) is 0 Å². The van der Waals surface area contributed by atoms with Gasteiger partial charge in [0.05, 0.1) is 12.1 Å². The average molecular weight is 336 g/mol. The molecule has 0 heterocycles. The van der Waals surface area contributed by atoms with Crippen LogP contribution >= 0.6 is 0 Å². The molecule has 0 radical (unpaired) electrons. The lowest BCUT2D eigenvalue weighted by atomic mass is 10.1. The highest BCUT2D eigenvalue weighted by Crippen LogP contribution is 2.16. The van der Waals surface area contributed by atoms with E-state index in [1.165, 1.54) is 0 Å². The minimum absolute atomic E-state index is 0.101. The zero-order valence-electron chi connectivity index (χ0n) is 14.3. The number of carbonyl (C=O) groups is 2. The topological polar surface area (TPSA) is 81.4 Å². The molecule has 2 aromatic rings. The number of ether oxygens (including phenoxy) is 1. The molecule has 0 aliphatic rings. The third kappa shape index (κ3) is 5.40. The summed E-state index contributed by atoms with van der Waals surface area (Å²) in [6.07, 6.45) is 0. The summed E-state index contributed by atoms with van der Waals surface area (Å²) in [5, 5.41) is 2.74. The lowest BCUT2D eigenvalue weighted by Gasteiger charge is -2.06. The quantitative estimate of drug-likeness (QED) is 0.822. The van der Waals surface area contributed by atoms with Gasteiger partial charge in [-0.05, 0) is 38.1 Å². The Morgan fingerprint density at radius 1 is 1.08 bits per heavy atom. The normalized spacial score (nSPS) is 9.68. The highest BCUT2D eigenvalue weighted by atomic mass is 16.5. The van der Waals surface area contributed by atoms with E-state index < -0.39 is 5.91 Å². The molecular formula is C20H20N2O3. The van der Waals surface area contributed by atoms with Gasteiger partial charge in [-0.1, -0.05) is 41.2 Å². The predicted molar refractivity (Wildman–Crippen MR) is 96.5 cm³/mol. The summed E-state index contributed by atoms with van der Waals surface area (Å²) >= 11 is 0. The van der Waals surface area contributed by atoms with Crippen LogP contribution in [-0.2, 0) is 0 Å². The Bertz CT molecular complexity index is 827. The number of nitrogens with one attached hydrogen (secondary N) is 1. The van der Waals surface area contributed by atoms with Crippen LogP contribution in [0.25, 0.3) is 0 Å². The maximum Gasteiger partial charge on any atom is 0.252 e. The molecule has 0 aromatic heterocycles. The van der Waals surface area contributed by atoms with E-state index >= 15 is 0 Å². The number of para-hydroxylation sites is 1. The van der Waals surface area contributed by atoms with Crippen LogP contribution in [0, 0.1) is 25.7 Å². The second-order valence-electron chi connectivity index (χ2n) is 5.56. The van der Waals surface area contributed by atoms with E-state index in [1.807, 2.05) is 32.0 Å². The van der Waals surface area contributed by atoms with Gasteiger partial charge in [-0.3, -0.25) is 9.59 Å². The van der Waals surface area contributed by atoms with Crippen LogP contribution in [0.4, 0.5) is 0 Å². The molecule has 3 N–H and O–H groups in total. The molecule has 128 valence electrons. The molecule has 0 fully saturated rings. The summed E-state index contributed by atoms with van der Waals surface area (Å²) < 4.78 is 5.43. The predicted octanol–water partition coefficient (Wildman–Crippen LogP) is 2.21. The zero-order valence-corrected chi connectivity index (χ0v) is 14.3. The Kier molecular flexibility index (Phi) is 6.19. The Labute approximate surface area is 147 Å². The van der Waals surface area contributed by atoms with Crippen molar-refractivity contribution in [3.63, 3.8) is 0 Å². The van der Waals surface area contributed by atoms with Crippen molar-refractivity contribution in [2.24, 2.45) is 5.73 Å². The van der Waals surface area contributed by atoms with Crippen LogP contribution in [0.2, 0.25) is 0 Å². The summed E-state index contributed by atoms with van der Waals surface area (Å²) in [4.78, 5) is 23.3. The first-order valence-corrected chi connectivity index (χ1v) is 7.81. The second kappa shape index (κ2) is 8.55. The molecule has 0 atom stereocenters.